The standard InChI is InChI=1S/C29H26ClN3O4/c30-26-17-22(20-4-6-21(7-5-20)29(35)33-11-13-36-14-12-33)15-23-16-25(37-28(23)26)18-32-27(34)10-3-19-1-8-24(31)9-2-19/h1-10,15-17H,11-14,18,31H2,(H,32,34). The van der Waals surface area contributed by atoms with Crippen LogP contribution in [-0.4, -0.2) is 43.0 Å². The maximum atomic E-state index is 12.7. The highest BCUT2D eigenvalue weighted by Gasteiger charge is 2.18. The molecule has 1 aromatic heterocycles. The number of furan rings is 1. The second kappa shape index (κ2) is 10.9. The van der Waals surface area contributed by atoms with Gasteiger partial charge in [-0.3, -0.25) is 9.59 Å². The number of rotatable bonds is 6. The van der Waals surface area contributed by atoms with Gasteiger partial charge in [-0.25, -0.2) is 0 Å². The Morgan fingerprint density at radius 3 is 2.43 bits per heavy atom. The molecule has 1 fully saturated rings. The van der Waals surface area contributed by atoms with Gasteiger partial charge in [-0.2, -0.15) is 0 Å². The fourth-order valence-electron chi connectivity index (χ4n) is 4.18. The molecule has 2 heterocycles. The van der Waals surface area contributed by atoms with E-state index < -0.39 is 0 Å². The Labute approximate surface area is 219 Å². The van der Waals surface area contributed by atoms with Gasteiger partial charge in [-0.1, -0.05) is 35.9 Å². The lowest BCUT2D eigenvalue weighted by Gasteiger charge is -2.26. The molecule has 5 rings (SSSR count). The monoisotopic (exact) mass is 515 g/mol. The summed E-state index contributed by atoms with van der Waals surface area (Å²) in [5, 5.41) is 4.13. The summed E-state index contributed by atoms with van der Waals surface area (Å²) in [4.78, 5) is 26.7. The van der Waals surface area contributed by atoms with Crippen LogP contribution >= 0.6 is 11.6 Å². The van der Waals surface area contributed by atoms with Crippen LogP contribution < -0.4 is 11.1 Å². The third kappa shape index (κ3) is 5.85. The second-order valence-electron chi connectivity index (χ2n) is 8.79. The van der Waals surface area contributed by atoms with Gasteiger partial charge in [0.1, 0.15) is 5.76 Å². The van der Waals surface area contributed by atoms with Crippen LogP contribution in [0.25, 0.3) is 28.2 Å². The third-order valence-electron chi connectivity index (χ3n) is 6.19. The first-order valence-electron chi connectivity index (χ1n) is 12.0. The smallest absolute Gasteiger partial charge is 0.254 e. The van der Waals surface area contributed by atoms with Crippen LogP contribution in [0, 0.1) is 0 Å². The first-order chi connectivity index (χ1) is 18.0. The number of nitrogens with zero attached hydrogens (tertiary/aromatic N) is 1. The van der Waals surface area contributed by atoms with Gasteiger partial charge in [0.2, 0.25) is 5.91 Å². The third-order valence-corrected chi connectivity index (χ3v) is 6.47. The lowest BCUT2D eigenvalue weighted by atomic mass is 10.0. The number of anilines is 1. The van der Waals surface area contributed by atoms with Crippen molar-refractivity contribution >= 4 is 46.1 Å². The maximum Gasteiger partial charge on any atom is 0.254 e. The molecule has 3 aromatic carbocycles. The number of nitrogens with one attached hydrogen (secondary N) is 1. The topological polar surface area (TPSA) is 97.8 Å². The summed E-state index contributed by atoms with van der Waals surface area (Å²) in [6.07, 6.45) is 3.18. The molecule has 7 nitrogen and oxygen atoms in total. The number of carbonyl (C=O) groups excluding carboxylic acids is 2. The van der Waals surface area contributed by atoms with E-state index in [2.05, 4.69) is 5.32 Å². The normalized spacial score (nSPS) is 13.8. The number of amides is 2. The van der Waals surface area contributed by atoms with E-state index in [1.165, 1.54) is 6.08 Å². The van der Waals surface area contributed by atoms with Gasteiger partial charge in [0.05, 0.1) is 24.8 Å². The van der Waals surface area contributed by atoms with Crippen molar-refractivity contribution < 1.29 is 18.7 Å². The van der Waals surface area contributed by atoms with Crippen molar-refractivity contribution in [1.29, 1.82) is 0 Å². The van der Waals surface area contributed by atoms with Crippen LogP contribution in [0.5, 0.6) is 0 Å². The molecule has 37 heavy (non-hydrogen) atoms. The van der Waals surface area contributed by atoms with E-state index >= 15 is 0 Å². The molecule has 1 saturated heterocycles. The molecule has 2 amide bonds. The molecule has 0 radical (unpaired) electrons. The number of hydrogen-bond acceptors (Lipinski definition) is 5. The number of hydrogen-bond donors (Lipinski definition) is 2. The van der Waals surface area contributed by atoms with Gasteiger partial charge in [0, 0.05) is 35.8 Å². The van der Waals surface area contributed by atoms with E-state index in [0.29, 0.717) is 53.9 Å². The van der Waals surface area contributed by atoms with Crippen molar-refractivity contribution in [1.82, 2.24) is 10.2 Å². The summed E-state index contributed by atoms with van der Waals surface area (Å²) in [5.74, 6) is 0.360. The molecule has 188 valence electrons. The van der Waals surface area contributed by atoms with Gasteiger partial charge < -0.3 is 25.1 Å². The number of ether oxygens (including phenoxy) is 1. The van der Waals surface area contributed by atoms with Gasteiger partial charge in [-0.15, -0.1) is 0 Å². The lowest BCUT2D eigenvalue weighted by Crippen LogP contribution is -2.40. The van der Waals surface area contributed by atoms with Crippen molar-refractivity contribution in [3.63, 3.8) is 0 Å². The molecule has 0 atom stereocenters. The average Bonchev–Trinajstić information content (AvgIpc) is 3.35. The minimum absolute atomic E-state index is 0.00756. The Hall–Kier alpha value is -4.07. The fraction of sp³-hybridized carbons (Fsp3) is 0.172. The Bertz CT molecular complexity index is 1450. The molecule has 0 saturated carbocycles. The van der Waals surface area contributed by atoms with Crippen LogP contribution in [0.15, 0.2) is 77.2 Å². The van der Waals surface area contributed by atoms with Crippen LogP contribution in [0.1, 0.15) is 21.7 Å². The van der Waals surface area contributed by atoms with E-state index in [0.717, 1.165) is 22.1 Å². The van der Waals surface area contributed by atoms with Crippen molar-refractivity contribution in [2.24, 2.45) is 0 Å². The Balaban J connectivity index is 1.26. The number of carbonyl (C=O) groups is 2. The molecule has 0 aliphatic carbocycles. The van der Waals surface area contributed by atoms with E-state index in [1.807, 2.05) is 54.6 Å². The number of fused-ring (bicyclic) bond motifs is 1. The van der Waals surface area contributed by atoms with Crippen LogP contribution in [0.4, 0.5) is 5.69 Å². The minimum atomic E-state index is -0.240. The first kappa shape index (κ1) is 24.6. The molecule has 1 aliphatic rings. The molecular formula is C29H26ClN3O4. The van der Waals surface area contributed by atoms with Crippen LogP contribution in [0.3, 0.4) is 0 Å². The van der Waals surface area contributed by atoms with E-state index in [-0.39, 0.29) is 18.4 Å². The number of nitrogens with two attached hydrogens (primary N) is 1. The van der Waals surface area contributed by atoms with Crippen LogP contribution in [0.2, 0.25) is 5.02 Å². The lowest BCUT2D eigenvalue weighted by molar-refractivity contribution is -0.116. The van der Waals surface area contributed by atoms with Gasteiger partial charge in [0.25, 0.3) is 5.91 Å². The Kier molecular flexibility index (Phi) is 7.25. The highest BCUT2D eigenvalue weighted by atomic mass is 35.5. The quantitative estimate of drug-likeness (QED) is 0.274. The van der Waals surface area contributed by atoms with E-state index in [9.17, 15) is 9.59 Å². The van der Waals surface area contributed by atoms with E-state index in [4.69, 9.17) is 26.5 Å². The number of morpholine rings is 1. The summed E-state index contributed by atoms with van der Waals surface area (Å²) in [6, 6.07) is 20.4. The summed E-state index contributed by atoms with van der Waals surface area (Å²) in [7, 11) is 0. The largest absolute Gasteiger partial charge is 0.458 e. The van der Waals surface area contributed by atoms with Gasteiger partial charge in [-0.05, 0) is 65.2 Å². The minimum Gasteiger partial charge on any atom is -0.458 e. The summed E-state index contributed by atoms with van der Waals surface area (Å²) in [5.41, 5.74) is 10.3. The molecule has 0 unspecified atom stereocenters. The van der Waals surface area contributed by atoms with Crippen molar-refractivity contribution in [2.45, 2.75) is 6.54 Å². The summed E-state index contributed by atoms with van der Waals surface area (Å²) >= 11 is 6.53. The molecule has 3 N–H and O–H groups in total. The molecular weight excluding hydrogens is 490 g/mol. The van der Waals surface area contributed by atoms with Crippen molar-refractivity contribution in [3.8, 4) is 11.1 Å². The second-order valence-corrected chi connectivity index (χ2v) is 9.20. The predicted octanol–water partition coefficient (Wildman–Crippen LogP) is 5.14. The molecule has 0 bridgehead atoms. The Morgan fingerprint density at radius 2 is 1.70 bits per heavy atom. The Morgan fingerprint density at radius 1 is 0.973 bits per heavy atom. The van der Waals surface area contributed by atoms with Crippen LogP contribution in [-0.2, 0) is 16.1 Å². The zero-order valence-electron chi connectivity index (χ0n) is 20.1. The number of benzene rings is 3. The van der Waals surface area contributed by atoms with Crippen molar-refractivity contribution in [3.05, 3.63) is 94.7 Å². The number of nitrogen functional groups attached to an aromatic ring is 1. The molecule has 4 aromatic rings. The SMILES string of the molecule is Nc1ccc(C=CC(=O)NCc2cc3cc(-c4ccc(C(=O)N5CCOCC5)cc4)cc(Cl)c3o2)cc1. The zero-order chi connectivity index (χ0) is 25.8. The molecule has 1 aliphatic heterocycles. The van der Waals surface area contributed by atoms with Crippen molar-refractivity contribution in [2.75, 3.05) is 32.0 Å². The molecule has 8 heteroatoms. The highest BCUT2D eigenvalue weighted by Crippen LogP contribution is 2.33. The van der Waals surface area contributed by atoms with E-state index in [1.54, 1.807) is 23.1 Å². The maximum absolute atomic E-state index is 12.7. The highest BCUT2D eigenvalue weighted by molar-refractivity contribution is 6.35. The summed E-state index contributed by atoms with van der Waals surface area (Å²) < 4.78 is 11.2. The fourth-order valence-corrected chi connectivity index (χ4v) is 4.45. The first-order valence-corrected chi connectivity index (χ1v) is 12.3. The average molecular weight is 516 g/mol. The zero-order valence-corrected chi connectivity index (χ0v) is 20.8. The summed E-state index contributed by atoms with van der Waals surface area (Å²) in [6.45, 7) is 2.58. The van der Waals surface area contributed by atoms with Gasteiger partial charge in [0.15, 0.2) is 5.58 Å². The van der Waals surface area contributed by atoms with Gasteiger partial charge >= 0.3 is 0 Å². The predicted molar refractivity (Wildman–Crippen MR) is 145 cm³/mol. The molecule has 0 spiro atoms. The number of halogens is 1.